The number of carbonyl (C=O) groups excluding carboxylic acids is 1. The van der Waals surface area contributed by atoms with Crippen LogP contribution in [0, 0.1) is 0 Å². The van der Waals surface area contributed by atoms with Gasteiger partial charge in [0.05, 0.1) is 19.3 Å². The number of aliphatic hydroxyl groups is 1. The molecule has 0 aliphatic rings. The van der Waals surface area contributed by atoms with Crippen LogP contribution in [0.1, 0.15) is 16.1 Å². The maximum atomic E-state index is 12.6. The number of halogens is 3. The average Bonchev–Trinajstić information content (AvgIpc) is 2.33. The summed E-state index contributed by atoms with van der Waals surface area (Å²) >= 11 is 0.776. The molecule has 0 fully saturated rings. The Morgan fingerprint density at radius 1 is 1.56 bits per heavy atom. The lowest BCUT2D eigenvalue weighted by molar-refractivity contribution is -0.143. The highest BCUT2D eigenvalue weighted by molar-refractivity contribution is 7.99. The van der Waals surface area contributed by atoms with Crippen LogP contribution in [-0.4, -0.2) is 35.5 Å². The van der Waals surface area contributed by atoms with Crippen molar-refractivity contribution in [3.8, 4) is 0 Å². The molecule has 1 rings (SSSR count). The molecule has 1 heterocycles. The average molecular weight is 281 g/mol. The molecule has 0 saturated carbocycles. The lowest BCUT2D eigenvalue weighted by Crippen LogP contribution is -2.12. The molecule has 100 valence electrons. The third kappa shape index (κ3) is 3.61. The molecule has 4 nitrogen and oxygen atoms in total. The summed E-state index contributed by atoms with van der Waals surface area (Å²) in [5, 5.41) is 8.63. The van der Waals surface area contributed by atoms with E-state index in [0.717, 1.165) is 31.1 Å². The molecule has 0 aromatic carbocycles. The molecule has 1 aromatic heterocycles. The van der Waals surface area contributed by atoms with Gasteiger partial charge in [-0.1, -0.05) is 0 Å². The molecule has 0 aliphatic carbocycles. The molecule has 1 N–H and O–H groups in total. The van der Waals surface area contributed by atoms with E-state index in [1.54, 1.807) is 0 Å². The van der Waals surface area contributed by atoms with Crippen LogP contribution in [0.15, 0.2) is 17.2 Å². The second-order valence-electron chi connectivity index (χ2n) is 3.13. The van der Waals surface area contributed by atoms with Crippen LogP contribution in [0.25, 0.3) is 0 Å². The van der Waals surface area contributed by atoms with Crippen molar-refractivity contribution < 1.29 is 27.8 Å². The summed E-state index contributed by atoms with van der Waals surface area (Å²) in [5.41, 5.74) is -1.14. The second kappa shape index (κ2) is 6.05. The van der Waals surface area contributed by atoms with E-state index in [1.165, 1.54) is 0 Å². The number of rotatable bonds is 4. The molecule has 0 saturated heterocycles. The number of esters is 1. The molecular weight excluding hydrogens is 271 g/mol. The van der Waals surface area contributed by atoms with E-state index >= 15 is 0 Å². The number of methoxy groups -OCH3 is 1. The van der Waals surface area contributed by atoms with Crippen molar-refractivity contribution >= 4 is 17.7 Å². The minimum absolute atomic E-state index is 0.0639. The number of thioether (sulfide) groups is 1. The van der Waals surface area contributed by atoms with Gasteiger partial charge in [0.15, 0.2) is 5.69 Å². The van der Waals surface area contributed by atoms with Gasteiger partial charge >= 0.3 is 12.1 Å². The molecule has 0 spiro atoms. The van der Waals surface area contributed by atoms with Crippen LogP contribution >= 0.6 is 11.8 Å². The lowest BCUT2D eigenvalue weighted by atomic mass is 10.2. The van der Waals surface area contributed by atoms with Crippen molar-refractivity contribution in [3.63, 3.8) is 0 Å². The van der Waals surface area contributed by atoms with Crippen molar-refractivity contribution in [2.24, 2.45) is 0 Å². The van der Waals surface area contributed by atoms with Crippen LogP contribution in [0.2, 0.25) is 0 Å². The second-order valence-corrected chi connectivity index (χ2v) is 4.27. The molecule has 0 unspecified atom stereocenters. The Morgan fingerprint density at radius 3 is 2.72 bits per heavy atom. The third-order valence-corrected chi connectivity index (χ3v) is 2.90. The van der Waals surface area contributed by atoms with E-state index in [0.29, 0.717) is 0 Å². The van der Waals surface area contributed by atoms with Gasteiger partial charge in [0.1, 0.15) is 0 Å². The van der Waals surface area contributed by atoms with Crippen LogP contribution in [-0.2, 0) is 10.9 Å². The number of pyridine rings is 1. The molecule has 1 aromatic rings. The fourth-order valence-electron chi connectivity index (χ4n) is 1.15. The first-order valence-corrected chi connectivity index (χ1v) is 5.78. The van der Waals surface area contributed by atoms with E-state index in [9.17, 15) is 18.0 Å². The Kier molecular flexibility index (Phi) is 4.97. The van der Waals surface area contributed by atoms with Gasteiger partial charge < -0.3 is 9.84 Å². The Balaban J connectivity index is 3.16. The van der Waals surface area contributed by atoms with Crippen LogP contribution in [0.5, 0.6) is 0 Å². The number of aliphatic hydroxyl groups excluding tert-OH is 1. The van der Waals surface area contributed by atoms with Crippen LogP contribution in [0.3, 0.4) is 0 Å². The van der Waals surface area contributed by atoms with Gasteiger partial charge in [-0.3, -0.25) is 0 Å². The van der Waals surface area contributed by atoms with E-state index in [4.69, 9.17) is 5.11 Å². The normalized spacial score (nSPS) is 11.4. The molecule has 0 radical (unpaired) electrons. The number of hydrogen-bond donors (Lipinski definition) is 1. The van der Waals surface area contributed by atoms with Crippen molar-refractivity contribution in [1.82, 2.24) is 4.98 Å². The van der Waals surface area contributed by atoms with Gasteiger partial charge in [-0.15, -0.1) is 11.8 Å². The van der Waals surface area contributed by atoms with Crippen molar-refractivity contribution in [1.29, 1.82) is 0 Å². The van der Waals surface area contributed by atoms with Crippen LogP contribution < -0.4 is 0 Å². The summed E-state index contributed by atoms with van der Waals surface area (Å²) in [6, 6.07) is 1.06. The predicted molar refractivity (Wildman–Crippen MR) is 58.4 cm³/mol. The highest BCUT2D eigenvalue weighted by Gasteiger charge is 2.36. The molecule has 0 atom stereocenters. The molecule has 0 bridgehead atoms. The zero-order valence-electron chi connectivity index (χ0n) is 9.32. The topological polar surface area (TPSA) is 59.4 Å². The summed E-state index contributed by atoms with van der Waals surface area (Å²) in [6.45, 7) is -0.273. The minimum Gasteiger partial charge on any atom is -0.465 e. The summed E-state index contributed by atoms with van der Waals surface area (Å²) in [6.07, 6.45) is -3.79. The summed E-state index contributed by atoms with van der Waals surface area (Å²) in [5.74, 6) is -0.683. The number of hydrogen-bond acceptors (Lipinski definition) is 5. The molecular formula is C10H10F3NO3S. The third-order valence-electron chi connectivity index (χ3n) is 1.89. The zero-order valence-corrected chi connectivity index (χ0v) is 10.1. The predicted octanol–water partition coefficient (Wildman–Crippen LogP) is 1.97. The quantitative estimate of drug-likeness (QED) is 0.675. The Hall–Kier alpha value is -1.28. The molecule has 0 amide bonds. The largest absolute Gasteiger partial charge is 0.465 e. The van der Waals surface area contributed by atoms with Crippen LogP contribution in [0.4, 0.5) is 13.2 Å². The minimum atomic E-state index is -4.60. The Morgan fingerprint density at radius 2 is 2.22 bits per heavy atom. The maximum absolute atomic E-state index is 12.6. The number of alkyl halides is 3. The van der Waals surface area contributed by atoms with Crippen molar-refractivity contribution in [2.75, 3.05) is 19.5 Å². The number of aromatic nitrogens is 1. The van der Waals surface area contributed by atoms with Gasteiger partial charge in [-0.2, -0.15) is 13.2 Å². The first-order chi connectivity index (χ1) is 8.40. The maximum Gasteiger partial charge on any atom is 0.434 e. The van der Waals surface area contributed by atoms with Gasteiger partial charge in [0.2, 0.25) is 0 Å². The summed E-state index contributed by atoms with van der Waals surface area (Å²) in [7, 11) is 1.13. The molecule has 8 heteroatoms. The Labute approximate surface area is 105 Å². The van der Waals surface area contributed by atoms with Crippen molar-refractivity contribution in [3.05, 3.63) is 23.5 Å². The highest BCUT2D eigenvalue weighted by Crippen LogP contribution is 2.35. The number of nitrogens with zero attached hydrogens (tertiary/aromatic N) is 1. The first-order valence-electron chi connectivity index (χ1n) is 4.79. The van der Waals surface area contributed by atoms with E-state index < -0.39 is 17.8 Å². The van der Waals surface area contributed by atoms with E-state index in [2.05, 4.69) is 9.72 Å². The van der Waals surface area contributed by atoms with Gasteiger partial charge in [-0.05, 0) is 6.07 Å². The SMILES string of the molecule is COC(=O)c1cnc(C(F)(F)F)c(SCCO)c1. The smallest absolute Gasteiger partial charge is 0.434 e. The number of ether oxygens (including phenoxy) is 1. The Bertz CT molecular complexity index is 437. The van der Waals surface area contributed by atoms with Gasteiger partial charge in [0, 0.05) is 16.8 Å². The standard InChI is InChI=1S/C10H10F3NO3S/c1-17-9(16)6-4-7(18-3-2-15)8(14-5-6)10(11,12)13/h4-5,15H,2-3H2,1H3. The summed E-state index contributed by atoms with van der Waals surface area (Å²) < 4.78 is 42.3. The van der Waals surface area contributed by atoms with Crippen molar-refractivity contribution in [2.45, 2.75) is 11.1 Å². The zero-order chi connectivity index (χ0) is 13.8. The first kappa shape index (κ1) is 14.8. The van der Waals surface area contributed by atoms with E-state index in [1.807, 2.05) is 0 Å². The lowest BCUT2D eigenvalue weighted by Gasteiger charge is -2.11. The van der Waals surface area contributed by atoms with Gasteiger partial charge in [0.25, 0.3) is 0 Å². The fraction of sp³-hybridized carbons (Fsp3) is 0.400. The number of carbonyl (C=O) groups is 1. The van der Waals surface area contributed by atoms with Gasteiger partial charge in [-0.25, -0.2) is 9.78 Å². The molecule has 0 aliphatic heterocycles. The monoisotopic (exact) mass is 281 g/mol. The summed E-state index contributed by atoms with van der Waals surface area (Å²) in [4.78, 5) is 14.2. The highest BCUT2D eigenvalue weighted by atomic mass is 32.2. The fourth-order valence-corrected chi connectivity index (χ4v) is 1.98. The van der Waals surface area contributed by atoms with E-state index in [-0.39, 0.29) is 22.8 Å². The molecule has 18 heavy (non-hydrogen) atoms.